The van der Waals surface area contributed by atoms with Crippen LogP contribution in [0.5, 0.6) is 0 Å². The van der Waals surface area contributed by atoms with E-state index in [-0.39, 0.29) is 18.5 Å². The molecule has 0 heterocycles. The van der Waals surface area contributed by atoms with Crippen LogP contribution < -0.4 is 9.62 Å². The molecule has 0 saturated heterocycles. The lowest BCUT2D eigenvalue weighted by atomic mass is 10.1. The van der Waals surface area contributed by atoms with Crippen LogP contribution in [-0.2, 0) is 21.2 Å². The molecule has 0 bridgehead atoms. The highest BCUT2D eigenvalue weighted by Gasteiger charge is 2.31. The standard InChI is InChI=1S/C19H20FN3O3S/c1-3-18(19(24)22-16-8-4-14(5-9-16)12-13-21)23(27(2,25)26)17-10-6-15(20)7-11-17/h4-11,18H,3,12H2,1-2H3,(H,22,24). The first-order valence-corrected chi connectivity index (χ1v) is 10.1. The number of rotatable bonds is 7. The average molecular weight is 389 g/mol. The summed E-state index contributed by atoms with van der Waals surface area (Å²) in [6, 6.07) is 12.7. The number of sulfonamides is 1. The van der Waals surface area contributed by atoms with Gasteiger partial charge in [0.1, 0.15) is 11.9 Å². The van der Waals surface area contributed by atoms with Gasteiger partial charge in [-0.3, -0.25) is 9.10 Å². The molecule has 0 fully saturated rings. The fourth-order valence-electron chi connectivity index (χ4n) is 2.67. The Morgan fingerprint density at radius 1 is 1.19 bits per heavy atom. The van der Waals surface area contributed by atoms with E-state index in [4.69, 9.17) is 5.26 Å². The zero-order valence-electron chi connectivity index (χ0n) is 15.0. The fourth-order valence-corrected chi connectivity index (χ4v) is 3.88. The molecule has 1 atom stereocenters. The second-order valence-corrected chi connectivity index (χ2v) is 7.84. The van der Waals surface area contributed by atoms with E-state index >= 15 is 0 Å². The van der Waals surface area contributed by atoms with E-state index in [1.165, 1.54) is 12.1 Å². The summed E-state index contributed by atoms with van der Waals surface area (Å²) in [5, 5.41) is 11.4. The minimum atomic E-state index is -3.78. The Kier molecular flexibility index (Phi) is 6.53. The number of amides is 1. The number of carbonyl (C=O) groups is 1. The van der Waals surface area contributed by atoms with E-state index in [1.807, 2.05) is 6.07 Å². The van der Waals surface area contributed by atoms with Gasteiger partial charge in [-0.25, -0.2) is 12.8 Å². The van der Waals surface area contributed by atoms with Gasteiger partial charge in [0.25, 0.3) is 0 Å². The number of nitrogens with zero attached hydrogens (tertiary/aromatic N) is 2. The van der Waals surface area contributed by atoms with Crippen LogP contribution in [0.3, 0.4) is 0 Å². The molecule has 2 aromatic rings. The summed E-state index contributed by atoms with van der Waals surface area (Å²) in [6.07, 6.45) is 1.49. The van der Waals surface area contributed by atoms with Crippen molar-refractivity contribution in [3.8, 4) is 6.07 Å². The van der Waals surface area contributed by atoms with E-state index in [9.17, 15) is 17.6 Å². The van der Waals surface area contributed by atoms with Crippen LogP contribution in [0.1, 0.15) is 18.9 Å². The summed E-state index contributed by atoms with van der Waals surface area (Å²) in [6.45, 7) is 1.70. The number of hydrogen-bond donors (Lipinski definition) is 1. The number of nitrogens with one attached hydrogen (secondary N) is 1. The van der Waals surface area contributed by atoms with E-state index < -0.39 is 27.8 Å². The minimum absolute atomic E-state index is 0.213. The van der Waals surface area contributed by atoms with Crippen molar-refractivity contribution in [1.82, 2.24) is 0 Å². The predicted molar refractivity (Wildman–Crippen MR) is 102 cm³/mol. The summed E-state index contributed by atoms with van der Waals surface area (Å²) in [7, 11) is -3.78. The third-order valence-corrected chi connectivity index (χ3v) is 5.10. The van der Waals surface area contributed by atoms with Crippen molar-refractivity contribution >= 4 is 27.3 Å². The van der Waals surface area contributed by atoms with Crippen LogP contribution >= 0.6 is 0 Å². The van der Waals surface area contributed by atoms with E-state index in [0.29, 0.717) is 5.69 Å². The molecule has 6 nitrogen and oxygen atoms in total. The molecule has 1 amide bonds. The largest absolute Gasteiger partial charge is 0.324 e. The first-order valence-electron chi connectivity index (χ1n) is 8.28. The zero-order chi connectivity index (χ0) is 20.0. The van der Waals surface area contributed by atoms with Crippen LogP contribution in [0.2, 0.25) is 0 Å². The Balaban J connectivity index is 2.29. The molecule has 0 spiro atoms. The monoisotopic (exact) mass is 389 g/mol. The number of nitriles is 1. The molecular formula is C19H20FN3O3S. The second-order valence-electron chi connectivity index (χ2n) is 5.98. The summed E-state index contributed by atoms with van der Waals surface area (Å²) in [5.74, 6) is -0.998. The van der Waals surface area contributed by atoms with Crippen LogP contribution in [0.4, 0.5) is 15.8 Å². The van der Waals surface area contributed by atoms with Gasteiger partial charge in [0.05, 0.1) is 24.4 Å². The molecule has 1 N–H and O–H groups in total. The predicted octanol–water partition coefficient (Wildman–Crippen LogP) is 3.08. The first-order chi connectivity index (χ1) is 12.8. The van der Waals surface area contributed by atoms with Crippen molar-refractivity contribution in [2.75, 3.05) is 15.9 Å². The Morgan fingerprint density at radius 3 is 2.26 bits per heavy atom. The molecule has 0 aliphatic carbocycles. The van der Waals surface area contributed by atoms with Gasteiger partial charge in [-0.1, -0.05) is 19.1 Å². The lowest BCUT2D eigenvalue weighted by Crippen LogP contribution is -2.47. The maximum Gasteiger partial charge on any atom is 0.248 e. The molecule has 0 radical (unpaired) electrons. The van der Waals surface area contributed by atoms with Crippen molar-refractivity contribution in [1.29, 1.82) is 5.26 Å². The summed E-state index contributed by atoms with van der Waals surface area (Å²) in [4.78, 5) is 12.7. The molecule has 142 valence electrons. The van der Waals surface area contributed by atoms with Crippen LogP contribution in [0.25, 0.3) is 0 Å². The average Bonchev–Trinajstić information content (AvgIpc) is 2.61. The number of benzene rings is 2. The maximum atomic E-state index is 13.2. The summed E-state index contributed by atoms with van der Waals surface area (Å²) < 4.78 is 38.8. The first kappa shape index (κ1) is 20.4. The Hall–Kier alpha value is -2.92. The van der Waals surface area contributed by atoms with E-state index in [2.05, 4.69) is 5.32 Å². The van der Waals surface area contributed by atoms with Gasteiger partial charge in [-0.2, -0.15) is 5.26 Å². The molecule has 0 aromatic heterocycles. The molecule has 27 heavy (non-hydrogen) atoms. The summed E-state index contributed by atoms with van der Waals surface area (Å²) >= 11 is 0. The molecule has 2 aromatic carbocycles. The maximum absolute atomic E-state index is 13.2. The normalized spacial score (nSPS) is 12.1. The lowest BCUT2D eigenvalue weighted by molar-refractivity contribution is -0.117. The van der Waals surface area contributed by atoms with Gasteiger partial charge < -0.3 is 5.32 Å². The minimum Gasteiger partial charge on any atom is -0.324 e. The van der Waals surface area contributed by atoms with E-state index in [1.54, 1.807) is 31.2 Å². The third kappa shape index (κ3) is 5.28. The topological polar surface area (TPSA) is 90.3 Å². The molecule has 8 heteroatoms. The van der Waals surface area contributed by atoms with Crippen molar-refractivity contribution in [2.45, 2.75) is 25.8 Å². The van der Waals surface area contributed by atoms with Crippen molar-refractivity contribution in [3.05, 3.63) is 59.9 Å². The molecule has 2 rings (SSSR count). The number of halogens is 1. The highest BCUT2D eigenvalue weighted by atomic mass is 32.2. The number of anilines is 2. The smallest absolute Gasteiger partial charge is 0.248 e. The third-order valence-electron chi connectivity index (χ3n) is 3.92. The molecule has 1 unspecified atom stereocenters. The van der Waals surface area contributed by atoms with Gasteiger partial charge in [0.2, 0.25) is 15.9 Å². The Labute approximate surface area is 158 Å². The van der Waals surface area contributed by atoms with Gasteiger partial charge in [-0.05, 0) is 48.4 Å². The number of hydrogen-bond acceptors (Lipinski definition) is 4. The van der Waals surface area contributed by atoms with Gasteiger partial charge in [-0.15, -0.1) is 0 Å². The SMILES string of the molecule is CCC(C(=O)Nc1ccc(CC#N)cc1)N(c1ccc(F)cc1)S(C)(=O)=O. The quantitative estimate of drug-likeness (QED) is 0.788. The molecular weight excluding hydrogens is 369 g/mol. The number of carbonyl (C=O) groups excluding carboxylic acids is 1. The lowest BCUT2D eigenvalue weighted by Gasteiger charge is -2.30. The van der Waals surface area contributed by atoms with Crippen molar-refractivity contribution < 1.29 is 17.6 Å². The van der Waals surface area contributed by atoms with Gasteiger partial charge >= 0.3 is 0 Å². The van der Waals surface area contributed by atoms with Crippen LogP contribution in [0.15, 0.2) is 48.5 Å². The van der Waals surface area contributed by atoms with Gasteiger partial charge in [0.15, 0.2) is 0 Å². The summed E-state index contributed by atoms with van der Waals surface area (Å²) in [5.41, 5.74) is 1.52. The highest BCUT2D eigenvalue weighted by Crippen LogP contribution is 2.23. The van der Waals surface area contributed by atoms with E-state index in [0.717, 1.165) is 28.3 Å². The van der Waals surface area contributed by atoms with Crippen LogP contribution in [0, 0.1) is 17.1 Å². The molecule has 0 aliphatic rings. The Bertz CT molecular complexity index is 936. The second kappa shape index (κ2) is 8.64. The highest BCUT2D eigenvalue weighted by molar-refractivity contribution is 7.92. The van der Waals surface area contributed by atoms with Crippen LogP contribution in [-0.4, -0.2) is 26.6 Å². The zero-order valence-corrected chi connectivity index (χ0v) is 15.8. The van der Waals surface area contributed by atoms with Crippen molar-refractivity contribution in [2.24, 2.45) is 0 Å². The van der Waals surface area contributed by atoms with Gasteiger partial charge in [0, 0.05) is 5.69 Å². The Morgan fingerprint density at radius 2 is 1.78 bits per heavy atom. The molecule has 0 saturated carbocycles. The fraction of sp³-hybridized carbons (Fsp3) is 0.263. The molecule has 0 aliphatic heterocycles. The van der Waals surface area contributed by atoms with Crippen molar-refractivity contribution in [3.63, 3.8) is 0 Å².